The summed E-state index contributed by atoms with van der Waals surface area (Å²) in [4.78, 5) is 40.1. The van der Waals surface area contributed by atoms with Gasteiger partial charge in [0.2, 0.25) is 0 Å². The lowest BCUT2D eigenvalue weighted by Gasteiger charge is -2.44. The van der Waals surface area contributed by atoms with E-state index in [4.69, 9.17) is 23.2 Å². The lowest BCUT2D eigenvalue weighted by Crippen LogP contribution is -2.51. The lowest BCUT2D eigenvalue weighted by molar-refractivity contribution is -0.152. The molecule has 1 N–H and O–H groups in total. The Morgan fingerprint density at radius 1 is 1.15 bits per heavy atom. The van der Waals surface area contributed by atoms with Crippen LogP contribution in [0.15, 0.2) is 18.3 Å². The molecule has 0 saturated heterocycles. The molecule has 224 valence electrons. The number of halogens is 5. The smallest absolute Gasteiger partial charge is 0.433 e. The number of hydrogen-bond acceptors (Lipinski definition) is 4. The average molecular weight is 617 g/mol. The monoisotopic (exact) mass is 615 g/mol. The van der Waals surface area contributed by atoms with Crippen LogP contribution in [-0.4, -0.2) is 50.0 Å². The van der Waals surface area contributed by atoms with Crippen LogP contribution >= 0.6 is 23.2 Å². The summed E-state index contributed by atoms with van der Waals surface area (Å²) in [5.41, 5.74) is -2.09. The van der Waals surface area contributed by atoms with Gasteiger partial charge >= 0.3 is 12.1 Å². The number of ketones is 1. The van der Waals surface area contributed by atoms with Crippen molar-refractivity contribution in [1.29, 1.82) is 0 Å². The molecular weight excluding hydrogens is 582 g/mol. The molecule has 2 fully saturated rings. The van der Waals surface area contributed by atoms with Gasteiger partial charge in [0.1, 0.15) is 0 Å². The molecule has 2 aromatic rings. The number of carboxylic acid groups (broad SMARTS) is 1. The molecule has 7 nitrogen and oxygen atoms in total. The highest BCUT2D eigenvalue weighted by atomic mass is 35.5. The number of carbonyl (C=O) groups is 3. The fraction of sp³-hybridized carbons (Fsp3) is 0.586. The van der Waals surface area contributed by atoms with Crippen molar-refractivity contribution in [3.8, 4) is 0 Å². The number of amides is 1. The second-order valence-electron chi connectivity index (χ2n) is 12.0. The van der Waals surface area contributed by atoms with Gasteiger partial charge in [0, 0.05) is 6.04 Å². The maximum Gasteiger partial charge on any atom is 0.433 e. The quantitative estimate of drug-likeness (QED) is 0.311. The third-order valence-electron chi connectivity index (χ3n) is 8.79. The van der Waals surface area contributed by atoms with Crippen molar-refractivity contribution in [2.75, 3.05) is 6.54 Å². The number of carbonyl (C=O) groups excluding carboxylic acids is 2. The zero-order valence-electron chi connectivity index (χ0n) is 23.4. The lowest BCUT2D eigenvalue weighted by atomic mass is 9.72. The van der Waals surface area contributed by atoms with Crippen molar-refractivity contribution in [2.24, 2.45) is 17.3 Å². The van der Waals surface area contributed by atoms with Crippen LogP contribution in [0.4, 0.5) is 13.2 Å². The molecule has 41 heavy (non-hydrogen) atoms. The van der Waals surface area contributed by atoms with Gasteiger partial charge in [-0.25, -0.2) is 0 Å². The van der Waals surface area contributed by atoms with Gasteiger partial charge in [0.05, 0.1) is 45.4 Å². The van der Waals surface area contributed by atoms with Crippen molar-refractivity contribution in [1.82, 2.24) is 14.7 Å². The number of Topliss-reactive ketones (excluding diaryl/α,β-unsaturated/α-hetero) is 1. The molecule has 1 heterocycles. The molecule has 1 amide bonds. The molecule has 1 aromatic heterocycles. The average Bonchev–Trinajstić information content (AvgIpc) is 3.27. The largest absolute Gasteiger partial charge is 0.481 e. The second-order valence-corrected chi connectivity index (χ2v) is 12.8. The van der Waals surface area contributed by atoms with Gasteiger partial charge in [-0.05, 0) is 81.9 Å². The minimum atomic E-state index is -4.91. The Labute approximate surface area is 247 Å². The molecule has 0 radical (unpaired) electrons. The SMILES string of the molecule is Cc1cc(Cl)c(C(=O)CN(C(=O)c2cnn(C3CCC(C)(C(=O)O)CC3)c2C(F)(F)F)C2CC(C(C)C)C2)c(Cl)c1. The summed E-state index contributed by atoms with van der Waals surface area (Å²) in [6, 6.07) is 1.99. The van der Waals surface area contributed by atoms with Gasteiger partial charge in [0.25, 0.3) is 5.91 Å². The van der Waals surface area contributed by atoms with Gasteiger partial charge in [-0.2, -0.15) is 18.3 Å². The maximum absolute atomic E-state index is 14.5. The summed E-state index contributed by atoms with van der Waals surface area (Å²) in [5.74, 6) is -1.90. The molecule has 2 aliphatic carbocycles. The number of nitrogens with zero attached hydrogens (tertiary/aromatic N) is 3. The number of hydrogen-bond donors (Lipinski definition) is 1. The molecule has 0 unspecified atom stereocenters. The number of rotatable bonds is 8. The van der Waals surface area contributed by atoms with E-state index in [1.165, 1.54) is 4.90 Å². The molecular formula is C29H34Cl2F3N3O4. The molecule has 4 rings (SSSR count). The number of aromatic nitrogens is 2. The van der Waals surface area contributed by atoms with E-state index in [0.29, 0.717) is 18.8 Å². The first kappa shape index (κ1) is 31.3. The molecule has 2 aliphatic rings. The van der Waals surface area contributed by atoms with Crippen LogP contribution in [0.3, 0.4) is 0 Å². The molecule has 0 bridgehead atoms. The van der Waals surface area contributed by atoms with Crippen LogP contribution in [0.5, 0.6) is 0 Å². The summed E-state index contributed by atoms with van der Waals surface area (Å²) in [6.45, 7) is 6.93. The number of aliphatic carboxylic acids is 1. The Balaban J connectivity index is 1.68. The zero-order valence-corrected chi connectivity index (χ0v) is 24.9. The first-order valence-electron chi connectivity index (χ1n) is 13.7. The molecule has 0 spiro atoms. The minimum Gasteiger partial charge on any atom is -0.481 e. The van der Waals surface area contributed by atoms with Gasteiger partial charge < -0.3 is 10.0 Å². The first-order valence-corrected chi connectivity index (χ1v) is 14.5. The number of benzene rings is 1. The third-order valence-corrected chi connectivity index (χ3v) is 9.38. The fourth-order valence-corrected chi connectivity index (χ4v) is 6.73. The summed E-state index contributed by atoms with van der Waals surface area (Å²) in [6.07, 6.45) is -2.17. The van der Waals surface area contributed by atoms with Crippen molar-refractivity contribution >= 4 is 40.9 Å². The number of alkyl halides is 3. The normalized spacial score (nSPS) is 24.7. The molecule has 0 aliphatic heterocycles. The van der Waals surface area contributed by atoms with Gasteiger partial charge in [0.15, 0.2) is 11.5 Å². The highest BCUT2D eigenvalue weighted by Gasteiger charge is 2.47. The van der Waals surface area contributed by atoms with Crippen LogP contribution in [0, 0.1) is 24.2 Å². The van der Waals surface area contributed by atoms with E-state index >= 15 is 0 Å². The first-order chi connectivity index (χ1) is 19.0. The van der Waals surface area contributed by atoms with Gasteiger partial charge in [-0.15, -0.1) is 0 Å². The van der Waals surface area contributed by atoms with Crippen LogP contribution in [-0.2, 0) is 11.0 Å². The van der Waals surface area contributed by atoms with E-state index in [0.717, 1.165) is 16.4 Å². The standard InChI is InChI=1S/C29H34Cl2F3N3O4/c1-15(2)17-11-19(12-17)36(14-23(38)24-21(30)9-16(3)10-22(24)31)26(39)20-13-35-37(25(20)29(32,33)34)18-5-7-28(4,8-6-18)27(40)41/h9-10,13,15,17-19H,5-8,11-12,14H2,1-4H3,(H,40,41). The summed E-state index contributed by atoms with van der Waals surface area (Å²) in [5, 5.41) is 13.7. The predicted octanol–water partition coefficient (Wildman–Crippen LogP) is 7.48. The minimum absolute atomic E-state index is 0.0203. The van der Waals surface area contributed by atoms with E-state index in [9.17, 15) is 32.7 Å². The van der Waals surface area contributed by atoms with E-state index in [1.807, 2.05) is 13.8 Å². The van der Waals surface area contributed by atoms with E-state index < -0.39 is 59.1 Å². The van der Waals surface area contributed by atoms with Crippen LogP contribution in [0.2, 0.25) is 10.0 Å². The van der Waals surface area contributed by atoms with E-state index in [1.54, 1.807) is 26.0 Å². The highest BCUT2D eigenvalue weighted by Crippen LogP contribution is 2.44. The van der Waals surface area contributed by atoms with Crippen molar-refractivity contribution < 1.29 is 32.7 Å². The number of aryl methyl sites for hydroxylation is 1. The summed E-state index contributed by atoms with van der Waals surface area (Å²) >= 11 is 12.6. The van der Waals surface area contributed by atoms with Crippen molar-refractivity contribution in [3.63, 3.8) is 0 Å². The highest BCUT2D eigenvalue weighted by molar-refractivity contribution is 6.40. The Hall–Kier alpha value is -2.59. The van der Waals surface area contributed by atoms with Crippen LogP contribution in [0.1, 0.15) is 97.3 Å². The van der Waals surface area contributed by atoms with Gasteiger partial charge in [-0.3, -0.25) is 19.1 Å². The third kappa shape index (κ3) is 6.28. The van der Waals surface area contributed by atoms with Crippen LogP contribution < -0.4 is 0 Å². The Kier molecular flexibility index (Phi) is 8.86. The van der Waals surface area contributed by atoms with E-state index in [2.05, 4.69) is 5.10 Å². The Morgan fingerprint density at radius 2 is 1.71 bits per heavy atom. The van der Waals surface area contributed by atoms with Crippen molar-refractivity contribution in [2.45, 2.75) is 84.5 Å². The summed E-state index contributed by atoms with van der Waals surface area (Å²) < 4.78 is 44.3. The van der Waals surface area contributed by atoms with E-state index in [-0.39, 0.29) is 47.2 Å². The molecule has 0 atom stereocenters. The van der Waals surface area contributed by atoms with Crippen LogP contribution in [0.25, 0.3) is 0 Å². The van der Waals surface area contributed by atoms with Gasteiger partial charge in [-0.1, -0.05) is 37.0 Å². The molecule has 12 heteroatoms. The predicted molar refractivity (Wildman–Crippen MR) is 148 cm³/mol. The Morgan fingerprint density at radius 3 is 2.20 bits per heavy atom. The molecule has 1 aromatic carbocycles. The van der Waals surface area contributed by atoms with Crippen molar-refractivity contribution in [3.05, 3.63) is 50.8 Å². The Bertz CT molecular complexity index is 1320. The zero-order chi connectivity index (χ0) is 30.4. The second kappa shape index (κ2) is 11.6. The number of carboxylic acids is 1. The fourth-order valence-electron chi connectivity index (χ4n) is 5.93. The molecule has 2 saturated carbocycles. The topological polar surface area (TPSA) is 92.5 Å². The maximum atomic E-state index is 14.5. The summed E-state index contributed by atoms with van der Waals surface area (Å²) in [7, 11) is 0.